The van der Waals surface area contributed by atoms with Crippen molar-refractivity contribution >= 4 is 6.29 Å². The van der Waals surface area contributed by atoms with Crippen molar-refractivity contribution in [3.63, 3.8) is 0 Å². The molecule has 0 aliphatic heterocycles. The van der Waals surface area contributed by atoms with Crippen molar-refractivity contribution in [2.45, 2.75) is 40.5 Å². The number of aldehydes is 1. The van der Waals surface area contributed by atoms with Crippen molar-refractivity contribution in [1.82, 2.24) is 0 Å². The van der Waals surface area contributed by atoms with Gasteiger partial charge in [-0.15, -0.1) is 0 Å². The van der Waals surface area contributed by atoms with Gasteiger partial charge in [0.2, 0.25) is 0 Å². The summed E-state index contributed by atoms with van der Waals surface area (Å²) in [5.74, 6) is 0.551. The monoisotopic (exact) mass is 154 g/mol. The minimum absolute atomic E-state index is 0.0156. The van der Waals surface area contributed by atoms with Crippen molar-refractivity contribution in [2.24, 2.45) is 16.7 Å². The number of hydrogen-bond donors (Lipinski definition) is 0. The summed E-state index contributed by atoms with van der Waals surface area (Å²) in [7, 11) is 0. The largest absolute Gasteiger partial charge is 0.303 e. The summed E-state index contributed by atoms with van der Waals surface area (Å²) in [6.07, 6.45) is 3.38. The third-order valence-electron chi connectivity index (χ3n) is 3.57. The number of hydrogen-bond acceptors (Lipinski definition) is 1. The van der Waals surface area contributed by atoms with Gasteiger partial charge in [-0.2, -0.15) is 0 Å². The molecule has 0 bridgehead atoms. The quantitative estimate of drug-likeness (QED) is 0.571. The van der Waals surface area contributed by atoms with E-state index in [0.29, 0.717) is 5.92 Å². The van der Waals surface area contributed by atoms with Crippen molar-refractivity contribution in [3.05, 3.63) is 0 Å². The van der Waals surface area contributed by atoms with E-state index < -0.39 is 0 Å². The van der Waals surface area contributed by atoms with Crippen molar-refractivity contribution in [3.8, 4) is 0 Å². The second kappa shape index (κ2) is 2.33. The van der Waals surface area contributed by atoms with Gasteiger partial charge in [0.15, 0.2) is 0 Å². The van der Waals surface area contributed by atoms with E-state index in [9.17, 15) is 4.79 Å². The SMILES string of the molecule is CCC(C)C1(C=O)CC1(C)C. The minimum atomic E-state index is 0.0156. The smallest absolute Gasteiger partial charge is 0.126 e. The zero-order valence-corrected chi connectivity index (χ0v) is 7.98. The molecule has 0 spiro atoms. The van der Waals surface area contributed by atoms with E-state index in [1.807, 2.05) is 0 Å². The van der Waals surface area contributed by atoms with Crippen LogP contribution in [0.2, 0.25) is 0 Å². The summed E-state index contributed by atoms with van der Waals surface area (Å²) in [6, 6.07) is 0. The molecule has 0 N–H and O–H groups in total. The molecule has 1 fully saturated rings. The molecule has 1 aliphatic rings. The molecule has 0 aromatic carbocycles. The Kier molecular flexibility index (Phi) is 1.85. The molecule has 2 atom stereocenters. The van der Waals surface area contributed by atoms with Crippen LogP contribution in [-0.2, 0) is 4.79 Å². The Bertz CT molecular complexity index is 172. The maximum absolute atomic E-state index is 10.9. The highest BCUT2D eigenvalue weighted by Crippen LogP contribution is 2.66. The standard InChI is InChI=1S/C10H18O/c1-5-8(2)10(7-11)6-9(10,3)4/h7-8H,5-6H2,1-4H3. The van der Waals surface area contributed by atoms with Gasteiger partial charge in [0, 0.05) is 5.41 Å². The molecular formula is C10H18O. The zero-order chi connectivity index (χ0) is 8.70. The van der Waals surface area contributed by atoms with Gasteiger partial charge < -0.3 is 4.79 Å². The molecule has 0 heterocycles. The minimum Gasteiger partial charge on any atom is -0.303 e. The Morgan fingerprint density at radius 3 is 2.09 bits per heavy atom. The first-order valence-electron chi connectivity index (χ1n) is 4.46. The number of carbonyl (C=O) groups excluding carboxylic acids is 1. The molecule has 0 aromatic heterocycles. The van der Waals surface area contributed by atoms with Crippen LogP contribution in [0.25, 0.3) is 0 Å². The van der Waals surface area contributed by atoms with Crippen LogP contribution < -0.4 is 0 Å². The van der Waals surface area contributed by atoms with E-state index in [2.05, 4.69) is 27.7 Å². The number of carbonyl (C=O) groups is 1. The topological polar surface area (TPSA) is 17.1 Å². The Morgan fingerprint density at radius 1 is 1.55 bits per heavy atom. The Labute approximate surface area is 69.2 Å². The lowest BCUT2D eigenvalue weighted by Gasteiger charge is -2.20. The highest BCUT2D eigenvalue weighted by atomic mass is 16.1. The first kappa shape index (κ1) is 8.76. The second-order valence-corrected chi connectivity index (χ2v) is 4.53. The molecule has 64 valence electrons. The predicted molar refractivity (Wildman–Crippen MR) is 46.4 cm³/mol. The normalized spacial score (nSPS) is 36.4. The van der Waals surface area contributed by atoms with Gasteiger partial charge in [-0.3, -0.25) is 0 Å². The van der Waals surface area contributed by atoms with Crippen LogP contribution in [-0.4, -0.2) is 6.29 Å². The van der Waals surface area contributed by atoms with Gasteiger partial charge in [0.25, 0.3) is 0 Å². The summed E-state index contributed by atoms with van der Waals surface area (Å²) in [4.78, 5) is 10.9. The first-order valence-corrected chi connectivity index (χ1v) is 4.46. The van der Waals surface area contributed by atoms with E-state index in [1.165, 1.54) is 6.29 Å². The Balaban J connectivity index is 2.74. The van der Waals surface area contributed by atoms with Crippen LogP contribution in [0.1, 0.15) is 40.5 Å². The van der Waals surface area contributed by atoms with Gasteiger partial charge in [0.05, 0.1) is 0 Å². The van der Waals surface area contributed by atoms with E-state index in [-0.39, 0.29) is 10.8 Å². The molecule has 1 heteroatoms. The van der Waals surface area contributed by atoms with Crippen molar-refractivity contribution < 1.29 is 4.79 Å². The molecule has 11 heavy (non-hydrogen) atoms. The van der Waals surface area contributed by atoms with Crippen molar-refractivity contribution in [2.75, 3.05) is 0 Å². The predicted octanol–water partition coefficient (Wildman–Crippen LogP) is 2.65. The lowest BCUT2D eigenvalue weighted by Crippen LogP contribution is -2.19. The van der Waals surface area contributed by atoms with Gasteiger partial charge in [-0.05, 0) is 17.8 Å². The van der Waals surface area contributed by atoms with Crippen LogP contribution in [0.5, 0.6) is 0 Å². The van der Waals surface area contributed by atoms with E-state index in [1.54, 1.807) is 0 Å². The molecule has 0 saturated heterocycles. The van der Waals surface area contributed by atoms with Gasteiger partial charge in [-0.1, -0.05) is 34.1 Å². The van der Waals surface area contributed by atoms with E-state index in [4.69, 9.17) is 0 Å². The number of rotatable bonds is 3. The van der Waals surface area contributed by atoms with Crippen molar-refractivity contribution in [1.29, 1.82) is 0 Å². The summed E-state index contributed by atoms with van der Waals surface area (Å²) in [5.41, 5.74) is 0.284. The summed E-state index contributed by atoms with van der Waals surface area (Å²) < 4.78 is 0. The van der Waals surface area contributed by atoms with Crippen LogP contribution in [0.3, 0.4) is 0 Å². The fraction of sp³-hybridized carbons (Fsp3) is 0.900. The van der Waals surface area contributed by atoms with Crippen LogP contribution in [0.15, 0.2) is 0 Å². The second-order valence-electron chi connectivity index (χ2n) is 4.53. The fourth-order valence-electron chi connectivity index (χ4n) is 2.21. The highest BCUT2D eigenvalue weighted by molar-refractivity contribution is 5.67. The molecule has 1 aliphatic carbocycles. The van der Waals surface area contributed by atoms with E-state index in [0.717, 1.165) is 12.8 Å². The molecular weight excluding hydrogens is 136 g/mol. The van der Waals surface area contributed by atoms with Gasteiger partial charge in [-0.25, -0.2) is 0 Å². The molecule has 1 saturated carbocycles. The molecule has 1 nitrogen and oxygen atoms in total. The average Bonchev–Trinajstić information content (AvgIpc) is 2.53. The van der Waals surface area contributed by atoms with Crippen LogP contribution in [0, 0.1) is 16.7 Å². The summed E-state index contributed by atoms with van der Waals surface area (Å²) in [5, 5.41) is 0. The maximum atomic E-state index is 10.9. The van der Waals surface area contributed by atoms with E-state index >= 15 is 0 Å². The average molecular weight is 154 g/mol. The summed E-state index contributed by atoms with van der Waals surface area (Å²) >= 11 is 0. The van der Waals surface area contributed by atoms with Gasteiger partial charge in [0.1, 0.15) is 6.29 Å². The molecule has 0 radical (unpaired) electrons. The fourth-order valence-corrected chi connectivity index (χ4v) is 2.21. The van der Waals surface area contributed by atoms with Gasteiger partial charge >= 0.3 is 0 Å². The molecule has 2 unspecified atom stereocenters. The molecule has 1 rings (SSSR count). The highest BCUT2D eigenvalue weighted by Gasteiger charge is 2.63. The lowest BCUT2D eigenvalue weighted by molar-refractivity contribution is -0.115. The molecule has 0 amide bonds. The Hall–Kier alpha value is -0.330. The zero-order valence-electron chi connectivity index (χ0n) is 7.98. The third-order valence-corrected chi connectivity index (χ3v) is 3.57. The lowest BCUT2D eigenvalue weighted by atomic mass is 9.83. The molecule has 0 aromatic rings. The van der Waals surface area contributed by atoms with Crippen LogP contribution >= 0.6 is 0 Å². The maximum Gasteiger partial charge on any atom is 0.126 e. The van der Waals surface area contributed by atoms with Crippen LogP contribution in [0.4, 0.5) is 0 Å². The summed E-state index contributed by atoms with van der Waals surface area (Å²) in [6.45, 7) is 8.72. The third kappa shape index (κ3) is 1.02. The first-order chi connectivity index (χ1) is 5.00. The Morgan fingerprint density at radius 2 is 2.00 bits per heavy atom.